The van der Waals surface area contributed by atoms with Crippen LogP contribution in [0.2, 0.25) is 0 Å². The van der Waals surface area contributed by atoms with E-state index in [9.17, 15) is 18.3 Å². The van der Waals surface area contributed by atoms with Gasteiger partial charge in [0.25, 0.3) is 0 Å². The van der Waals surface area contributed by atoms with Gasteiger partial charge in [0.05, 0.1) is 18.1 Å². The quantitative estimate of drug-likeness (QED) is 0.453. The summed E-state index contributed by atoms with van der Waals surface area (Å²) in [5.41, 5.74) is 8.67. The Morgan fingerprint density at radius 1 is 0.969 bits per heavy atom. The van der Waals surface area contributed by atoms with Crippen LogP contribution in [0, 0.1) is 5.92 Å². The van der Waals surface area contributed by atoms with Crippen LogP contribution in [-0.4, -0.2) is 31.0 Å². The van der Waals surface area contributed by atoms with Gasteiger partial charge in [-0.25, -0.2) is 13.2 Å². The number of carbonyl (C=O) groups is 1. The molecule has 7 heteroatoms. The minimum absolute atomic E-state index is 0.183. The van der Waals surface area contributed by atoms with Crippen molar-refractivity contribution in [3.8, 4) is 11.1 Å². The summed E-state index contributed by atoms with van der Waals surface area (Å²) in [7, 11) is -4.48. The first-order valence-corrected chi connectivity index (χ1v) is 11.5. The van der Waals surface area contributed by atoms with Crippen LogP contribution < -0.4 is 5.73 Å². The fourth-order valence-corrected chi connectivity index (χ4v) is 5.05. The van der Waals surface area contributed by atoms with Crippen molar-refractivity contribution in [2.24, 2.45) is 11.7 Å². The summed E-state index contributed by atoms with van der Waals surface area (Å²) >= 11 is 0. The van der Waals surface area contributed by atoms with Gasteiger partial charge in [-0.2, -0.15) is 0 Å². The van der Waals surface area contributed by atoms with Gasteiger partial charge in [-0.05, 0) is 28.8 Å². The fourth-order valence-electron chi connectivity index (χ4n) is 3.37. The van der Waals surface area contributed by atoms with Crippen LogP contribution in [0.25, 0.3) is 11.1 Å². The highest BCUT2D eigenvalue weighted by atomic mass is 32.2. The Morgan fingerprint density at radius 3 is 2.03 bits per heavy atom. The Labute approximate surface area is 187 Å². The Bertz CT molecular complexity index is 1160. The van der Waals surface area contributed by atoms with E-state index in [2.05, 4.69) is 6.58 Å². The van der Waals surface area contributed by atoms with Crippen molar-refractivity contribution < 1.29 is 23.1 Å². The van der Waals surface area contributed by atoms with Crippen molar-refractivity contribution in [2.45, 2.75) is 16.4 Å². The van der Waals surface area contributed by atoms with Crippen molar-refractivity contribution in [3.05, 3.63) is 103 Å². The van der Waals surface area contributed by atoms with Gasteiger partial charge in [-0.3, -0.25) is 0 Å². The summed E-state index contributed by atoms with van der Waals surface area (Å²) < 4.78 is 32.3. The third-order valence-corrected chi connectivity index (χ3v) is 7.55. The van der Waals surface area contributed by atoms with E-state index in [-0.39, 0.29) is 18.1 Å². The number of carboxylic acid groups (broad SMARTS) is 1. The van der Waals surface area contributed by atoms with E-state index in [1.165, 1.54) is 18.2 Å². The minimum Gasteiger partial charge on any atom is -0.479 e. The molecule has 166 valence electrons. The number of nitrogens with two attached hydrogens (primary N) is 1. The Morgan fingerprint density at radius 2 is 1.50 bits per heavy atom. The van der Waals surface area contributed by atoms with Crippen molar-refractivity contribution in [1.82, 2.24) is 0 Å². The van der Waals surface area contributed by atoms with Gasteiger partial charge >= 0.3 is 5.97 Å². The molecule has 2 unspecified atom stereocenters. The van der Waals surface area contributed by atoms with Crippen molar-refractivity contribution in [1.29, 1.82) is 0 Å². The molecule has 3 aromatic carbocycles. The highest BCUT2D eigenvalue weighted by Crippen LogP contribution is 2.31. The second-order valence-electron chi connectivity index (χ2n) is 7.34. The Hall–Kier alpha value is -3.26. The number of aliphatic carboxylic acids is 1. The minimum atomic E-state index is -4.48. The molecule has 0 radical (unpaired) electrons. The summed E-state index contributed by atoms with van der Waals surface area (Å²) in [6.45, 7) is 3.58. The largest absolute Gasteiger partial charge is 0.479 e. The lowest BCUT2D eigenvalue weighted by Gasteiger charge is -2.31. The number of hydrogen-bond acceptors (Lipinski definition) is 5. The van der Waals surface area contributed by atoms with E-state index in [0.717, 1.165) is 16.7 Å². The summed E-state index contributed by atoms with van der Waals surface area (Å²) in [5.74, 6) is -2.85. The standard InChI is InChI=1S/C25H25NO5S/c1-2-22(18-31-17-19-9-5-3-6-10-19)25(26,24(27)28)32(29,30)23-15-13-21(14-16-23)20-11-7-4-8-12-20/h2-16,22H,1,17-18,26H2,(H,27,28). The molecule has 3 N–H and O–H groups in total. The average Bonchev–Trinajstić information content (AvgIpc) is 2.82. The van der Waals surface area contributed by atoms with Crippen LogP contribution in [0.5, 0.6) is 0 Å². The van der Waals surface area contributed by atoms with Crippen molar-refractivity contribution >= 4 is 15.8 Å². The molecule has 6 nitrogen and oxygen atoms in total. The fraction of sp³-hybridized carbons (Fsp3) is 0.160. The topological polar surface area (TPSA) is 107 Å². The maximum absolute atomic E-state index is 13.4. The highest BCUT2D eigenvalue weighted by Gasteiger charge is 2.53. The van der Waals surface area contributed by atoms with E-state index in [1.54, 1.807) is 12.1 Å². The number of sulfone groups is 1. The van der Waals surface area contributed by atoms with Gasteiger partial charge in [0, 0.05) is 5.92 Å². The van der Waals surface area contributed by atoms with Gasteiger partial charge < -0.3 is 15.6 Å². The molecule has 0 bridgehead atoms. The van der Waals surface area contributed by atoms with E-state index in [1.807, 2.05) is 60.7 Å². The molecule has 0 aliphatic carbocycles. The van der Waals surface area contributed by atoms with Crippen LogP contribution in [0.15, 0.2) is 102 Å². The van der Waals surface area contributed by atoms with Crippen LogP contribution in [0.3, 0.4) is 0 Å². The smallest absolute Gasteiger partial charge is 0.340 e. The van der Waals surface area contributed by atoms with E-state index >= 15 is 0 Å². The van der Waals surface area contributed by atoms with E-state index in [4.69, 9.17) is 10.5 Å². The average molecular weight is 452 g/mol. The molecule has 0 fully saturated rings. The Balaban J connectivity index is 1.86. The second-order valence-corrected chi connectivity index (χ2v) is 9.49. The van der Waals surface area contributed by atoms with Crippen molar-refractivity contribution in [2.75, 3.05) is 6.61 Å². The summed E-state index contributed by atoms with van der Waals surface area (Å²) in [4.78, 5) is 9.33. The summed E-state index contributed by atoms with van der Waals surface area (Å²) in [5, 5.41) is 9.87. The van der Waals surface area contributed by atoms with Gasteiger partial charge in [0.2, 0.25) is 14.7 Å². The van der Waals surface area contributed by atoms with Gasteiger partial charge in [0.1, 0.15) is 0 Å². The molecule has 3 rings (SSSR count). The zero-order chi connectivity index (χ0) is 23.2. The lowest BCUT2D eigenvalue weighted by atomic mass is 10.0. The lowest BCUT2D eigenvalue weighted by Crippen LogP contribution is -2.60. The first kappa shape index (κ1) is 23.4. The molecule has 32 heavy (non-hydrogen) atoms. The molecule has 0 saturated heterocycles. The van der Waals surface area contributed by atoms with Crippen LogP contribution in [0.1, 0.15) is 5.56 Å². The second kappa shape index (κ2) is 9.91. The molecule has 0 saturated carbocycles. The SMILES string of the molecule is C=CC(COCc1ccccc1)C(N)(C(=O)O)S(=O)(=O)c1ccc(-c2ccccc2)cc1. The lowest BCUT2D eigenvalue weighted by molar-refractivity contribution is -0.141. The van der Waals surface area contributed by atoms with Crippen LogP contribution in [0.4, 0.5) is 0 Å². The van der Waals surface area contributed by atoms with Gasteiger partial charge in [-0.1, -0.05) is 78.9 Å². The third-order valence-electron chi connectivity index (χ3n) is 5.29. The van der Waals surface area contributed by atoms with E-state index in [0.29, 0.717) is 0 Å². The normalized spacial score (nSPS) is 14.3. The predicted octanol–water partition coefficient (Wildman–Crippen LogP) is 3.89. The third kappa shape index (κ3) is 4.65. The zero-order valence-corrected chi connectivity index (χ0v) is 18.2. The predicted molar refractivity (Wildman–Crippen MR) is 123 cm³/mol. The molecule has 0 aliphatic rings. The summed E-state index contributed by atoms with van der Waals surface area (Å²) in [6, 6.07) is 24.7. The molecule has 0 spiro atoms. The van der Waals surface area contributed by atoms with Crippen LogP contribution in [-0.2, 0) is 26.0 Å². The molecule has 0 aliphatic heterocycles. The molecule has 0 aromatic heterocycles. The zero-order valence-electron chi connectivity index (χ0n) is 17.4. The first-order chi connectivity index (χ1) is 15.3. The maximum atomic E-state index is 13.4. The molecular formula is C25H25NO5S. The molecule has 0 heterocycles. The summed E-state index contributed by atoms with van der Waals surface area (Å²) in [6.07, 6.45) is 1.22. The Kier molecular flexibility index (Phi) is 7.25. The first-order valence-electron chi connectivity index (χ1n) is 9.97. The monoisotopic (exact) mass is 451 g/mol. The van der Waals surface area contributed by atoms with Crippen molar-refractivity contribution in [3.63, 3.8) is 0 Å². The van der Waals surface area contributed by atoms with Gasteiger partial charge in [-0.15, -0.1) is 6.58 Å². The molecule has 0 amide bonds. The number of hydrogen-bond donors (Lipinski definition) is 2. The van der Waals surface area contributed by atoms with E-state index < -0.39 is 26.6 Å². The maximum Gasteiger partial charge on any atom is 0.340 e. The number of rotatable bonds is 10. The molecule has 2 atom stereocenters. The number of benzene rings is 3. The number of carboxylic acids is 1. The van der Waals surface area contributed by atoms with Crippen LogP contribution >= 0.6 is 0 Å². The molecule has 3 aromatic rings. The number of ether oxygens (including phenoxy) is 1. The highest BCUT2D eigenvalue weighted by molar-refractivity contribution is 7.93. The van der Waals surface area contributed by atoms with Gasteiger partial charge in [0.15, 0.2) is 0 Å². The molecular weight excluding hydrogens is 426 g/mol.